The molecule has 0 aliphatic carbocycles. The van der Waals surface area contributed by atoms with Crippen molar-refractivity contribution in [3.8, 4) is 0 Å². The zero-order valence-electron chi connectivity index (χ0n) is 13.2. The number of aliphatic carboxylic acids is 1. The standard InChI is InChI=1S/C14H23N3O4/c1-9-11(10(2)21-16-9)8-15-13(20)17(14(3,4)5)7-6-12(18)19/h6-8H2,1-5H3,(H,15,20)(H,18,19). The molecule has 7 heteroatoms. The number of nitrogens with zero attached hydrogens (tertiary/aromatic N) is 2. The molecule has 2 amide bonds. The van der Waals surface area contributed by atoms with Crippen molar-refractivity contribution in [2.24, 2.45) is 0 Å². The number of amides is 2. The first kappa shape index (κ1) is 17.0. The fourth-order valence-corrected chi connectivity index (χ4v) is 1.96. The average Bonchev–Trinajstić information content (AvgIpc) is 2.64. The summed E-state index contributed by atoms with van der Waals surface area (Å²) >= 11 is 0. The van der Waals surface area contributed by atoms with Crippen molar-refractivity contribution in [1.82, 2.24) is 15.4 Å². The largest absolute Gasteiger partial charge is 0.481 e. The van der Waals surface area contributed by atoms with E-state index >= 15 is 0 Å². The molecule has 0 unspecified atom stereocenters. The van der Waals surface area contributed by atoms with Gasteiger partial charge < -0.3 is 19.8 Å². The summed E-state index contributed by atoms with van der Waals surface area (Å²) in [7, 11) is 0. The van der Waals surface area contributed by atoms with Crippen molar-refractivity contribution in [3.05, 3.63) is 17.0 Å². The first-order chi connectivity index (χ1) is 9.62. The summed E-state index contributed by atoms with van der Waals surface area (Å²) in [6.07, 6.45) is -0.0873. The highest BCUT2D eigenvalue weighted by Crippen LogP contribution is 2.15. The minimum absolute atomic E-state index is 0.0873. The van der Waals surface area contributed by atoms with E-state index in [0.717, 1.165) is 11.3 Å². The van der Waals surface area contributed by atoms with Crippen LogP contribution in [0.5, 0.6) is 0 Å². The molecular formula is C14H23N3O4. The molecule has 0 aromatic carbocycles. The molecule has 1 rings (SSSR count). The molecular weight excluding hydrogens is 274 g/mol. The Kier molecular flexibility index (Phi) is 5.34. The third kappa shape index (κ3) is 4.77. The number of urea groups is 1. The van der Waals surface area contributed by atoms with Gasteiger partial charge in [-0.05, 0) is 34.6 Å². The zero-order chi connectivity index (χ0) is 16.2. The third-order valence-electron chi connectivity index (χ3n) is 3.20. The summed E-state index contributed by atoms with van der Waals surface area (Å²) in [5.74, 6) is -0.261. The van der Waals surface area contributed by atoms with Crippen molar-refractivity contribution in [2.75, 3.05) is 6.54 Å². The van der Waals surface area contributed by atoms with Crippen molar-refractivity contribution in [1.29, 1.82) is 0 Å². The van der Waals surface area contributed by atoms with Crippen LogP contribution in [-0.4, -0.2) is 39.2 Å². The summed E-state index contributed by atoms with van der Waals surface area (Å²) in [5, 5.41) is 15.4. The molecule has 1 aromatic heterocycles. The van der Waals surface area contributed by atoms with Gasteiger partial charge in [0.05, 0.1) is 12.1 Å². The van der Waals surface area contributed by atoms with E-state index in [1.807, 2.05) is 27.7 Å². The molecule has 0 aliphatic rings. The third-order valence-corrected chi connectivity index (χ3v) is 3.20. The molecule has 21 heavy (non-hydrogen) atoms. The van der Waals surface area contributed by atoms with E-state index in [9.17, 15) is 9.59 Å². The molecule has 1 aromatic rings. The second-order valence-corrected chi connectivity index (χ2v) is 5.93. The smallest absolute Gasteiger partial charge is 0.318 e. The fourth-order valence-electron chi connectivity index (χ4n) is 1.96. The van der Waals surface area contributed by atoms with Crippen LogP contribution in [0.25, 0.3) is 0 Å². The number of carboxylic acid groups (broad SMARTS) is 1. The van der Waals surface area contributed by atoms with Gasteiger partial charge in [0.2, 0.25) is 0 Å². The molecule has 7 nitrogen and oxygen atoms in total. The summed E-state index contributed by atoms with van der Waals surface area (Å²) in [6.45, 7) is 9.66. The van der Waals surface area contributed by atoms with Crippen LogP contribution in [0.2, 0.25) is 0 Å². The minimum Gasteiger partial charge on any atom is -0.481 e. The monoisotopic (exact) mass is 297 g/mol. The summed E-state index contributed by atoms with van der Waals surface area (Å²) in [4.78, 5) is 24.5. The summed E-state index contributed by atoms with van der Waals surface area (Å²) < 4.78 is 5.04. The van der Waals surface area contributed by atoms with Crippen LogP contribution in [0, 0.1) is 13.8 Å². The van der Waals surface area contributed by atoms with E-state index < -0.39 is 11.5 Å². The highest BCUT2D eigenvalue weighted by Gasteiger charge is 2.27. The van der Waals surface area contributed by atoms with Crippen LogP contribution in [0.1, 0.15) is 44.2 Å². The molecule has 0 atom stereocenters. The highest BCUT2D eigenvalue weighted by atomic mass is 16.5. The van der Waals surface area contributed by atoms with E-state index in [2.05, 4.69) is 10.5 Å². The van der Waals surface area contributed by atoms with E-state index in [1.165, 1.54) is 4.90 Å². The maximum atomic E-state index is 12.3. The number of carboxylic acids is 1. The Hall–Kier alpha value is -2.05. The second-order valence-electron chi connectivity index (χ2n) is 5.93. The van der Waals surface area contributed by atoms with Gasteiger partial charge in [-0.25, -0.2) is 4.79 Å². The molecule has 2 N–H and O–H groups in total. The van der Waals surface area contributed by atoms with Crippen LogP contribution in [0.3, 0.4) is 0 Å². The Bertz CT molecular complexity index is 497. The van der Waals surface area contributed by atoms with Gasteiger partial charge in [-0.1, -0.05) is 5.16 Å². The van der Waals surface area contributed by atoms with Crippen LogP contribution >= 0.6 is 0 Å². The molecule has 0 fully saturated rings. The summed E-state index contributed by atoms with van der Waals surface area (Å²) in [5.41, 5.74) is 1.12. The van der Waals surface area contributed by atoms with Crippen LogP contribution in [-0.2, 0) is 11.3 Å². The highest BCUT2D eigenvalue weighted by molar-refractivity contribution is 5.76. The number of nitrogens with one attached hydrogen (secondary N) is 1. The number of aryl methyl sites for hydroxylation is 2. The van der Waals surface area contributed by atoms with Crippen molar-refractivity contribution < 1.29 is 19.2 Å². The lowest BCUT2D eigenvalue weighted by molar-refractivity contribution is -0.137. The number of rotatable bonds is 5. The normalized spacial score (nSPS) is 11.3. The molecule has 1 heterocycles. The molecule has 0 aliphatic heterocycles. The zero-order valence-corrected chi connectivity index (χ0v) is 13.2. The lowest BCUT2D eigenvalue weighted by Gasteiger charge is -2.35. The predicted molar refractivity (Wildman–Crippen MR) is 76.9 cm³/mol. The van der Waals surface area contributed by atoms with Gasteiger partial charge in [0.15, 0.2) is 0 Å². The Labute approximate surface area is 124 Å². The quantitative estimate of drug-likeness (QED) is 0.867. The van der Waals surface area contributed by atoms with Gasteiger partial charge >= 0.3 is 12.0 Å². The second kappa shape index (κ2) is 6.60. The molecule has 0 bridgehead atoms. The topological polar surface area (TPSA) is 95.7 Å². The minimum atomic E-state index is -0.928. The number of aromatic nitrogens is 1. The maximum absolute atomic E-state index is 12.3. The van der Waals surface area contributed by atoms with Crippen molar-refractivity contribution in [3.63, 3.8) is 0 Å². The Morgan fingerprint density at radius 2 is 1.95 bits per heavy atom. The maximum Gasteiger partial charge on any atom is 0.318 e. The van der Waals surface area contributed by atoms with Crippen molar-refractivity contribution in [2.45, 2.75) is 53.1 Å². The number of hydrogen-bond acceptors (Lipinski definition) is 4. The van der Waals surface area contributed by atoms with Gasteiger partial charge in [0.1, 0.15) is 5.76 Å². The molecule has 0 radical (unpaired) electrons. The number of hydrogen-bond donors (Lipinski definition) is 2. The van der Waals surface area contributed by atoms with E-state index in [0.29, 0.717) is 12.3 Å². The van der Waals surface area contributed by atoms with Gasteiger partial charge in [-0.15, -0.1) is 0 Å². The predicted octanol–water partition coefficient (Wildman–Crippen LogP) is 2.08. The van der Waals surface area contributed by atoms with Gasteiger partial charge in [0, 0.05) is 24.2 Å². The Morgan fingerprint density at radius 3 is 2.38 bits per heavy atom. The fraction of sp³-hybridized carbons (Fsp3) is 0.643. The van der Waals surface area contributed by atoms with E-state index in [-0.39, 0.29) is 19.0 Å². The van der Waals surface area contributed by atoms with E-state index in [1.54, 1.807) is 6.92 Å². The molecule has 0 saturated heterocycles. The molecule has 0 spiro atoms. The van der Waals surface area contributed by atoms with E-state index in [4.69, 9.17) is 9.63 Å². The molecule has 118 valence electrons. The lowest BCUT2D eigenvalue weighted by atomic mass is 10.1. The lowest BCUT2D eigenvalue weighted by Crippen LogP contribution is -2.51. The number of carbonyl (C=O) groups is 2. The Balaban J connectivity index is 2.71. The summed E-state index contributed by atoms with van der Waals surface area (Å²) in [6, 6.07) is -0.302. The Morgan fingerprint density at radius 1 is 1.33 bits per heavy atom. The van der Waals surface area contributed by atoms with Crippen LogP contribution < -0.4 is 5.32 Å². The van der Waals surface area contributed by atoms with Gasteiger partial charge in [0.25, 0.3) is 0 Å². The van der Waals surface area contributed by atoms with Gasteiger partial charge in [-0.2, -0.15) is 0 Å². The first-order valence-electron chi connectivity index (χ1n) is 6.82. The van der Waals surface area contributed by atoms with Crippen LogP contribution in [0.15, 0.2) is 4.52 Å². The van der Waals surface area contributed by atoms with Crippen LogP contribution in [0.4, 0.5) is 4.79 Å². The SMILES string of the molecule is Cc1noc(C)c1CNC(=O)N(CCC(=O)O)C(C)(C)C. The first-order valence-corrected chi connectivity index (χ1v) is 6.82. The number of carbonyl (C=O) groups excluding carboxylic acids is 1. The molecule has 0 saturated carbocycles. The van der Waals surface area contributed by atoms with Crippen molar-refractivity contribution >= 4 is 12.0 Å². The average molecular weight is 297 g/mol. The van der Waals surface area contributed by atoms with Gasteiger partial charge in [-0.3, -0.25) is 4.79 Å².